The number of carbonyl (C=O) groups excluding carboxylic acids is 2. The van der Waals surface area contributed by atoms with Gasteiger partial charge in [0.05, 0.1) is 36.6 Å². The molecule has 3 aromatic rings. The lowest BCUT2D eigenvalue weighted by Gasteiger charge is -2.29. The summed E-state index contributed by atoms with van der Waals surface area (Å²) < 4.78 is 0. The van der Waals surface area contributed by atoms with Crippen molar-refractivity contribution in [3.05, 3.63) is 82.3 Å². The van der Waals surface area contributed by atoms with Gasteiger partial charge in [-0.1, -0.05) is 29.8 Å². The molecular weight excluding hydrogens is 402 g/mol. The third kappa shape index (κ3) is 4.26. The molecule has 0 spiro atoms. The summed E-state index contributed by atoms with van der Waals surface area (Å²) >= 11 is 5.95. The van der Waals surface area contributed by atoms with Crippen LogP contribution in [0.1, 0.15) is 27.2 Å². The molecule has 0 aliphatic carbocycles. The fraction of sp³-hybridized carbons (Fsp3) is 0.182. The maximum absolute atomic E-state index is 12.7. The minimum Gasteiger partial charge on any atom is -0.359 e. The monoisotopic (exact) mass is 421 g/mol. The molecule has 1 aliphatic heterocycles. The highest BCUT2D eigenvalue weighted by Gasteiger charge is 2.26. The van der Waals surface area contributed by atoms with Crippen LogP contribution in [0.2, 0.25) is 5.02 Å². The molecule has 30 heavy (non-hydrogen) atoms. The van der Waals surface area contributed by atoms with E-state index in [-0.39, 0.29) is 18.4 Å². The van der Waals surface area contributed by atoms with Crippen LogP contribution in [0.4, 0.5) is 11.5 Å². The zero-order chi connectivity index (χ0) is 21.1. The first-order chi connectivity index (χ1) is 14.5. The van der Waals surface area contributed by atoms with Crippen LogP contribution in [0, 0.1) is 6.92 Å². The van der Waals surface area contributed by atoms with Gasteiger partial charge in [-0.3, -0.25) is 14.6 Å². The zero-order valence-electron chi connectivity index (χ0n) is 16.4. The zero-order valence-corrected chi connectivity index (χ0v) is 17.1. The van der Waals surface area contributed by atoms with E-state index in [9.17, 15) is 9.59 Å². The molecule has 0 saturated carbocycles. The van der Waals surface area contributed by atoms with Crippen LogP contribution < -0.4 is 15.5 Å². The molecule has 0 fully saturated rings. The molecule has 0 bridgehead atoms. The smallest absolute Gasteiger partial charge is 0.253 e. The molecule has 0 saturated heterocycles. The van der Waals surface area contributed by atoms with E-state index >= 15 is 0 Å². The summed E-state index contributed by atoms with van der Waals surface area (Å²) in [4.78, 5) is 35.5. The second kappa shape index (κ2) is 8.51. The summed E-state index contributed by atoms with van der Waals surface area (Å²) in [5.74, 6) is 0.196. The molecule has 3 heterocycles. The van der Waals surface area contributed by atoms with Gasteiger partial charge in [-0.2, -0.15) is 0 Å². The maximum Gasteiger partial charge on any atom is 0.253 e. The third-order valence-electron chi connectivity index (χ3n) is 4.92. The van der Waals surface area contributed by atoms with Gasteiger partial charge in [0.2, 0.25) is 5.91 Å². The Morgan fingerprint density at radius 1 is 1.23 bits per heavy atom. The second-order valence-corrected chi connectivity index (χ2v) is 7.44. The quantitative estimate of drug-likeness (QED) is 0.659. The first-order valence-corrected chi connectivity index (χ1v) is 9.86. The molecule has 152 valence electrons. The molecule has 1 aliphatic rings. The highest BCUT2D eigenvalue weighted by Crippen LogP contribution is 2.30. The number of hydrogen-bond acceptors (Lipinski definition) is 5. The Morgan fingerprint density at radius 3 is 2.80 bits per heavy atom. The normalized spacial score (nSPS) is 12.9. The van der Waals surface area contributed by atoms with E-state index in [1.54, 1.807) is 29.3 Å². The number of nitrogens with zero attached hydrogens (tertiary/aromatic N) is 3. The fourth-order valence-corrected chi connectivity index (χ4v) is 3.35. The summed E-state index contributed by atoms with van der Waals surface area (Å²) in [5, 5.41) is 6.50. The van der Waals surface area contributed by atoms with Crippen LogP contribution in [0.15, 0.2) is 54.9 Å². The van der Waals surface area contributed by atoms with E-state index in [0.29, 0.717) is 35.2 Å². The summed E-state index contributed by atoms with van der Waals surface area (Å²) in [6.45, 7) is 2.78. The van der Waals surface area contributed by atoms with Crippen molar-refractivity contribution in [1.29, 1.82) is 0 Å². The average Bonchev–Trinajstić information content (AvgIpc) is 2.76. The summed E-state index contributed by atoms with van der Waals surface area (Å²) in [6.07, 6.45) is 3.20. The maximum atomic E-state index is 12.7. The van der Waals surface area contributed by atoms with Gasteiger partial charge in [0.25, 0.3) is 5.91 Å². The van der Waals surface area contributed by atoms with E-state index < -0.39 is 0 Å². The highest BCUT2D eigenvalue weighted by molar-refractivity contribution is 6.30. The fourth-order valence-electron chi connectivity index (χ4n) is 3.22. The van der Waals surface area contributed by atoms with Gasteiger partial charge in [-0.05, 0) is 42.3 Å². The number of pyridine rings is 2. The summed E-state index contributed by atoms with van der Waals surface area (Å²) in [5.41, 5.74) is 3.69. The number of nitrogens with one attached hydrogen (secondary N) is 2. The Balaban J connectivity index is 1.55. The lowest BCUT2D eigenvalue weighted by Crippen LogP contribution is -2.40. The SMILES string of the molecule is Cc1cccnc1CNC(=O)c1cnc2c(c1)N(Cc1ccc(Cl)cc1)C(=O)CN2. The Kier molecular flexibility index (Phi) is 5.63. The molecule has 4 rings (SSSR count). The lowest BCUT2D eigenvalue weighted by atomic mass is 10.1. The highest BCUT2D eigenvalue weighted by atomic mass is 35.5. The van der Waals surface area contributed by atoms with E-state index in [4.69, 9.17) is 11.6 Å². The van der Waals surface area contributed by atoms with Gasteiger partial charge in [0, 0.05) is 17.4 Å². The number of aryl methyl sites for hydroxylation is 1. The van der Waals surface area contributed by atoms with E-state index in [1.807, 2.05) is 31.2 Å². The minimum absolute atomic E-state index is 0.0964. The Hall–Kier alpha value is -3.45. The second-order valence-electron chi connectivity index (χ2n) is 7.00. The van der Waals surface area contributed by atoms with Gasteiger partial charge in [0.15, 0.2) is 5.82 Å². The molecule has 0 unspecified atom stereocenters. The molecular formula is C22H20ClN5O2. The van der Waals surface area contributed by atoms with Crippen LogP contribution in [-0.2, 0) is 17.9 Å². The number of carbonyl (C=O) groups is 2. The summed E-state index contributed by atoms with van der Waals surface area (Å²) in [7, 11) is 0. The molecule has 8 heteroatoms. The van der Waals surface area contributed by atoms with Crippen molar-refractivity contribution in [1.82, 2.24) is 15.3 Å². The number of anilines is 2. The van der Waals surface area contributed by atoms with E-state index in [1.165, 1.54) is 6.20 Å². The number of benzene rings is 1. The number of aromatic nitrogens is 2. The Labute approximate surface area is 179 Å². The van der Waals surface area contributed by atoms with Gasteiger partial charge in [-0.15, -0.1) is 0 Å². The number of halogens is 1. The number of rotatable bonds is 5. The van der Waals surface area contributed by atoms with Crippen LogP contribution >= 0.6 is 11.6 Å². The first-order valence-electron chi connectivity index (χ1n) is 9.48. The van der Waals surface area contributed by atoms with Gasteiger partial charge in [0.1, 0.15) is 0 Å². The Bertz CT molecular complexity index is 1100. The van der Waals surface area contributed by atoms with Crippen LogP contribution in [-0.4, -0.2) is 28.3 Å². The molecule has 7 nitrogen and oxygen atoms in total. The third-order valence-corrected chi connectivity index (χ3v) is 5.17. The topological polar surface area (TPSA) is 87.2 Å². The molecule has 2 aromatic heterocycles. The first kappa shape index (κ1) is 19.8. The van der Waals surface area contributed by atoms with Crippen LogP contribution in [0.5, 0.6) is 0 Å². The van der Waals surface area contributed by atoms with Crippen molar-refractivity contribution < 1.29 is 9.59 Å². The average molecular weight is 422 g/mol. The lowest BCUT2D eigenvalue weighted by molar-refractivity contribution is -0.117. The van der Waals surface area contributed by atoms with Gasteiger partial charge >= 0.3 is 0 Å². The van der Waals surface area contributed by atoms with Crippen molar-refractivity contribution in [2.24, 2.45) is 0 Å². The summed E-state index contributed by atoms with van der Waals surface area (Å²) in [6, 6.07) is 12.8. The van der Waals surface area contributed by atoms with Crippen molar-refractivity contribution in [2.45, 2.75) is 20.0 Å². The van der Waals surface area contributed by atoms with Crippen molar-refractivity contribution >= 4 is 34.9 Å². The van der Waals surface area contributed by atoms with Crippen molar-refractivity contribution in [3.8, 4) is 0 Å². The molecule has 2 amide bonds. The number of hydrogen-bond donors (Lipinski definition) is 2. The van der Waals surface area contributed by atoms with Crippen LogP contribution in [0.3, 0.4) is 0 Å². The minimum atomic E-state index is -0.278. The molecule has 0 radical (unpaired) electrons. The van der Waals surface area contributed by atoms with Gasteiger partial charge < -0.3 is 15.5 Å². The van der Waals surface area contributed by atoms with Gasteiger partial charge in [-0.25, -0.2) is 4.98 Å². The van der Waals surface area contributed by atoms with Crippen LogP contribution in [0.25, 0.3) is 0 Å². The Morgan fingerprint density at radius 2 is 2.03 bits per heavy atom. The predicted octanol–water partition coefficient (Wildman–Crippen LogP) is 3.33. The van der Waals surface area contributed by atoms with Crippen molar-refractivity contribution in [2.75, 3.05) is 16.8 Å². The van der Waals surface area contributed by atoms with E-state index in [0.717, 1.165) is 16.8 Å². The standard InChI is InChI=1S/C22H20ClN5O2/c1-14-3-2-8-24-18(14)11-27-22(30)16-9-19-21(25-10-16)26-12-20(29)28(19)13-15-4-6-17(23)7-5-15/h2-10H,11-13H2,1H3,(H,25,26)(H,27,30). The number of amides is 2. The predicted molar refractivity (Wildman–Crippen MR) is 116 cm³/mol. The molecule has 2 N–H and O–H groups in total. The van der Waals surface area contributed by atoms with E-state index in [2.05, 4.69) is 20.6 Å². The van der Waals surface area contributed by atoms with Crippen molar-refractivity contribution in [3.63, 3.8) is 0 Å². The largest absolute Gasteiger partial charge is 0.359 e. The molecule has 1 aromatic carbocycles. The molecule has 0 atom stereocenters. The number of fused-ring (bicyclic) bond motifs is 1.